The highest BCUT2D eigenvalue weighted by Crippen LogP contribution is 2.26. The molecule has 1 heterocycles. The monoisotopic (exact) mass is 298 g/mol. The second kappa shape index (κ2) is 7.06. The van der Waals surface area contributed by atoms with Crippen molar-refractivity contribution in [2.45, 2.75) is 0 Å². The zero-order valence-corrected chi connectivity index (χ0v) is 12.2. The normalized spacial score (nSPS) is 11.0. The fourth-order valence-electron chi connectivity index (χ4n) is 2.10. The molecule has 3 aromatic rings. The number of oxazole rings is 1. The molecule has 1 aromatic heterocycles. The van der Waals surface area contributed by atoms with Crippen molar-refractivity contribution in [2.24, 2.45) is 5.73 Å². The van der Waals surface area contributed by atoms with Gasteiger partial charge in [0, 0.05) is 18.2 Å². The lowest BCUT2D eigenvalue weighted by molar-refractivity contribution is 0.106. The van der Waals surface area contributed by atoms with Crippen LogP contribution in [0.15, 0.2) is 52.9 Å². The highest BCUT2D eigenvalue weighted by Gasteiger charge is 2.08. The molecule has 0 saturated heterocycles. The first-order valence-corrected chi connectivity index (χ1v) is 7.23. The molecule has 0 aliphatic carbocycles. The predicted molar refractivity (Wildman–Crippen MR) is 84.8 cm³/mol. The summed E-state index contributed by atoms with van der Waals surface area (Å²) in [7, 11) is 0. The van der Waals surface area contributed by atoms with Crippen LogP contribution in [0.3, 0.4) is 0 Å². The minimum absolute atomic E-state index is 0.477. The van der Waals surface area contributed by atoms with Crippen LogP contribution in [0.1, 0.15) is 0 Å². The van der Waals surface area contributed by atoms with E-state index >= 15 is 0 Å². The molecule has 114 valence electrons. The first-order chi connectivity index (χ1) is 10.9. The molecule has 0 radical (unpaired) electrons. The fraction of sp³-hybridized carbons (Fsp3) is 0.235. The van der Waals surface area contributed by atoms with Crippen LogP contribution < -0.4 is 10.5 Å². The molecule has 22 heavy (non-hydrogen) atoms. The average Bonchev–Trinajstić information content (AvgIpc) is 2.99. The van der Waals surface area contributed by atoms with Crippen molar-refractivity contribution >= 4 is 11.1 Å². The topological polar surface area (TPSA) is 70.5 Å². The average molecular weight is 298 g/mol. The van der Waals surface area contributed by atoms with Crippen LogP contribution in [0.5, 0.6) is 5.75 Å². The Morgan fingerprint density at radius 1 is 1.00 bits per heavy atom. The van der Waals surface area contributed by atoms with Crippen LogP contribution in [-0.2, 0) is 4.74 Å². The molecule has 2 N–H and O–H groups in total. The number of benzene rings is 2. The second-order valence-electron chi connectivity index (χ2n) is 4.76. The van der Waals surface area contributed by atoms with Crippen LogP contribution in [0.25, 0.3) is 22.6 Å². The van der Waals surface area contributed by atoms with E-state index in [2.05, 4.69) is 4.98 Å². The number of nitrogens with zero attached hydrogens (tertiary/aromatic N) is 1. The summed E-state index contributed by atoms with van der Waals surface area (Å²) in [6.45, 7) is 2.06. The summed E-state index contributed by atoms with van der Waals surface area (Å²) in [6, 6.07) is 15.4. The Hall–Kier alpha value is -2.37. The Morgan fingerprint density at radius 2 is 1.86 bits per heavy atom. The van der Waals surface area contributed by atoms with Gasteiger partial charge in [-0.25, -0.2) is 4.98 Å². The van der Waals surface area contributed by atoms with Crippen molar-refractivity contribution in [2.75, 3.05) is 26.4 Å². The number of rotatable bonds is 7. The maximum atomic E-state index is 5.80. The molecule has 0 aliphatic heterocycles. The number of hydrogen-bond acceptors (Lipinski definition) is 5. The lowest BCUT2D eigenvalue weighted by Crippen LogP contribution is -2.13. The molecule has 0 atom stereocenters. The van der Waals surface area contributed by atoms with Crippen molar-refractivity contribution < 1.29 is 13.9 Å². The Kier molecular flexibility index (Phi) is 4.68. The first-order valence-electron chi connectivity index (χ1n) is 7.23. The standard InChI is InChI=1S/C17H18N2O3/c18-8-9-20-10-11-21-14-6-7-15-16(12-14)22-17(19-15)13-4-2-1-3-5-13/h1-7,12H,8-11,18H2. The Bertz CT molecular complexity index is 725. The molecule has 0 aliphatic rings. The van der Waals surface area contributed by atoms with Crippen LogP contribution >= 0.6 is 0 Å². The van der Waals surface area contributed by atoms with Crippen LogP contribution in [0, 0.1) is 0 Å². The van der Waals surface area contributed by atoms with E-state index in [0.717, 1.165) is 16.8 Å². The van der Waals surface area contributed by atoms with Crippen molar-refractivity contribution in [1.82, 2.24) is 4.98 Å². The maximum Gasteiger partial charge on any atom is 0.227 e. The molecule has 0 saturated carbocycles. The third-order valence-electron chi connectivity index (χ3n) is 3.14. The summed E-state index contributed by atoms with van der Waals surface area (Å²) >= 11 is 0. The number of nitrogens with two attached hydrogens (primary N) is 1. The molecule has 2 aromatic carbocycles. The molecular formula is C17H18N2O3. The largest absolute Gasteiger partial charge is 0.491 e. The zero-order valence-electron chi connectivity index (χ0n) is 12.2. The number of fused-ring (bicyclic) bond motifs is 1. The van der Waals surface area contributed by atoms with Gasteiger partial charge in [-0.1, -0.05) is 18.2 Å². The minimum Gasteiger partial charge on any atom is -0.491 e. The highest BCUT2D eigenvalue weighted by atomic mass is 16.5. The van der Waals surface area contributed by atoms with Crippen LogP contribution in [0.2, 0.25) is 0 Å². The van der Waals surface area contributed by atoms with Crippen molar-refractivity contribution in [1.29, 1.82) is 0 Å². The lowest BCUT2D eigenvalue weighted by atomic mass is 10.2. The highest BCUT2D eigenvalue weighted by molar-refractivity contribution is 5.77. The quantitative estimate of drug-likeness (QED) is 0.679. The molecule has 0 fully saturated rings. The van der Waals surface area contributed by atoms with E-state index in [1.165, 1.54) is 0 Å². The van der Waals surface area contributed by atoms with Gasteiger partial charge in [0.25, 0.3) is 0 Å². The van der Waals surface area contributed by atoms with Gasteiger partial charge < -0.3 is 19.6 Å². The molecule has 5 nitrogen and oxygen atoms in total. The minimum atomic E-state index is 0.477. The smallest absolute Gasteiger partial charge is 0.227 e. The number of hydrogen-bond donors (Lipinski definition) is 1. The molecule has 0 amide bonds. The third kappa shape index (κ3) is 3.44. The summed E-state index contributed by atoms with van der Waals surface area (Å²) in [4.78, 5) is 4.48. The van der Waals surface area contributed by atoms with Crippen LogP contribution in [0.4, 0.5) is 0 Å². The number of ether oxygens (including phenoxy) is 2. The Labute approximate surface area is 128 Å². The zero-order chi connectivity index (χ0) is 15.2. The lowest BCUT2D eigenvalue weighted by Gasteiger charge is -2.05. The van der Waals surface area contributed by atoms with Gasteiger partial charge in [0.15, 0.2) is 5.58 Å². The summed E-state index contributed by atoms with van der Waals surface area (Å²) in [6.07, 6.45) is 0. The predicted octanol–water partition coefficient (Wildman–Crippen LogP) is 2.85. The van der Waals surface area contributed by atoms with Gasteiger partial charge in [0.2, 0.25) is 5.89 Å². The van der Waals surface area contributed by atoms with Crippen molar-refractivity contribution in [3.63, 3.8) is 0 Å². The molecular weight excluding hydrogens is 280 g/mol. The first kappa shape index (κ1) is 14.6. The van der Waals surface area contributed by atoms with E-state index in [1.54, 1.807) is 0 Å². The summed E-state index contributed by atoms with van der Waals surface area (Å²) < 4.78 is 16.7. The van der Waals surface area contributed by atoms with E-state index in [0.29, 0.717) is 37.8 Å². The fourth-order valence-corrected chi connectivity index (χ4v) is 2.10. The molecule has 0 unspecified atom stereocenters. The number of aromatic nitrogens is 1. The maximum absolute atomic E-state index is 5.80. The Morgan fingerprint density at radius 3 is 2.68 bits per heavy atom. The third-order valence-corrected chi connectivity index (χ3v) is 3.14. The van der Waals surface area contributed by atoms with Gasteiger partial charge >= 0.3 is 0 Å². The summed E-state index contributed by atoms with van der Waals surface area (Å²) in [5, 5.41) is 0. The van der Waals surface area contributed by atoms with Crippen molar-refractivity contribution in [3.8, 4) is 17.2 Å². The molecule has 5 heteroatoms. The molecule has 0 bridgehead atoms. The van der Waals surface area contributed by atoms with Gasteiger partial charge in [0.05, 0.1) is 13.2 Å². The SMILES string of the molecule is NCCOCCOc1ccc2nc(-c3ccccc3)oc2c1. The van der Waals surface area contributed by atoms with Gasteiger partial charge in [-0.15, -0.1) is 0 Å². The second-order valence-corrected chi connectivity index (χ2v) is 4.76. The summed E-state index contributed by atoms with van der Waals surface area (Å²) in [5.74, 6) is 1.35. The van der Waals surface area contributed by atoms with Crippen molar-refractivity contribution in [3.05, 3.63) is 48.5 Å². The van der Waals surface area contributed by atoms with E-state index in [9.17, 15) is 0 Å². The molecule has 3 rings (SSSR count). The van der Waals surface area contributed by atoms with E-state index in [-0.39, 0.29) is 0 Å². The Balaban J connectivity index is 1.70. The van der Waals surface area contributed by atoms with Gasteiger partial charge in [-0.05, 0) is 24.3 Å². The van der Waals surface area contributed by atoms with Gasteiger partial charge in [-0.2, -0.15) is 0 Å². The van der Waals surface area contributed by atoms with Gasteiger partial charge in [0.1, 0.15) is 17.9 Å². The molecule has 0 spiro atoms. The summed E-state index contributed by atoms with van der Waals surface area (Å²) in [5.41, 5.74) is 7.82. The van der Waals surface area contributed by atoms with E-state index in [1.807, 2.05) is 48.5 Å². The van der Waals surface area contributed by atoms with E-state index < -0.39 is 0 Å². The van der Waals surface area contributed by atoms with Gasteiger partial charge in [-0.3, -0.25) is 0 Å². The van der Waals surface area contributed by atoms with Crippen LogP contribution in [-0.4, -0.2) is 31.3 Å². The van der Waals surface area contributed by atoms with E-state index in [4.69, 9.17) is 19.6 Å².